The Morgan fingerprint density at radius 2 is 1.81 bits per heavy atom. The minimum Gasteiger partial charge on any atom is -0.337 e. The third kappa shape index (κ3) is 5.98. The van der Waals surface area contributed by atoms with Gasteiger partial charge < -0.3 is 4.90 Å². The number of hydrogen-bond acceptors (Lipinski definition) is 6. The van der Waals surface area contributed by atoms with Gasteiger partial charge in [0.2, 0.25) is 0 Å². The van der Waals surface area contributed by atoms with E-state index in [4.69, 9.17) is 5.26 Å². The fourth-order valence-electron chi connectivity index (χ4n) is 3.74. The molecule has 0 aliphatic carbocycles. The van der Waals surface area contributed by atoms with Gasteiger partial charge >= 0.3 is 0 Å². The summed E-state index contributed by atoms with van der Waals surface area (Å²) in [6.07, 6.45) is 0.962. The molecular formula is C25H26N4OS2. The van der Waals surface area contributed by atoms with Crippen LogP contribution in [0, 0.1) is 18.3 Å². The van der Waals surface area contributed by atoms with E-state index < -0.39 is 0 Å². The van der Waals surface area contributed by atoms with E-state index in [1.54, 1.807) is 23.1 Å². The summed E-state index contributed by atoms with van der Waals surface area (Å²) >= 11 is 3.41. The van der Waals surface area contributed by atoms with Crippen molar-refractivity contribution >= 4 is 29.0 Å². The molecule has 0 atom stereocenters. The predicted molar refractivity (Wildman–Crippen MR) is 130 cm³/mol. The largest absolute Gasteiger partial charge is 0.337 e. The molecule has 1 fully saturated rings. The van der Waals surface area contributed by atoms with Gasteiger partial charge in [0.1, 0.15) is 4.34 Å². The number of nitrogens with zero attached hydrogens (tertiary/aromatic N) is 4. The van der Waals surface area contributed by atoms with Crippen LogP contribution in [0.1, 0.15) is 39.2 Å². The number of benzene rings is 2. The minimum absolute atomic E-state index is 0.111. The number of carbonyl (C=O) groups excluding carboxylic acids is 1. The lowest BCUT2D eigenvalue weighted by Gasteiger charge is -2.22. The number of aromatic nitrogens is 1. The van der Waals surface area contributed by atoms with E-state index in [0.717, 1.165) is 60.5 Å². The van der Waals surface area contributed by atoms with Gasteiger partial charge in [-0.3, -0.25) is 9.69 Å². The molecule has 2 aromatic carbocycles. The van der Waals surface area contributed by atoms with Crippen molar-refractivity contribution < 1.29 is 4.79 Å². The molecule has 0 radical (unpaired) electrons. The van der Waals surface area contributed by atoms with Gasteiger partial charge in [-0.25, -0.2) is 4.98 Å². The minimum atomic E-state index is 0.111. The van der Waals surface area contributed by atoms with Crippen molar-refractivity contribution in [3.05, 3.63) is 81.9 Å². The van der Waals surface area contributed by atoms with Crippen LogP contribution in [0.5, 0.6) is 0 Å². The molecule has 1 amide bonds. The zero-order valence-electron chi connectivity index (χ0n) is 18.2. The molecule has 5 nitrogen and oxygen atoms in total. The lowest BCUT2D eigenvalue weighted by Crippen LogP contribution is -2.35. The number of rotatable bonds is 6. The Morgan fingerprint density at radius 1 is 1.06 bits per heavy atom. The number of hydrogen-bond donors (Lipinski definition) is 0. The van der Waals surface area contributed by atoms with E-state index in [-0.39, 0.29) is 5.91 Å². The standard InChI is InChI=1S/C25H26N4OS2/c1-19-17-31-25(27-19)32-18-22-7-9-23(10-8-22)24(30)29-12-2-11-28(13-14-29)16-21-5-3-20(15-26)4-6-21/h3-10,17H,2,11-14,16,18H2,1H3. The summed E-state index contributed by atoms with van der Waals surface area (Å²) in [5, 5.41) is 11.0. The zero-order chi connectivity index (χ0) is 22.3. The van der Waals surface area contributed by atoms with E-state index in [0.29, 0.717) is 5.56 Å². The highest BCUT2D eigenvalue weighted by Gasteiger charge is 2.20. The average Bonchev–Trinajstić information content (AvgIpc) is 3.10. The summed E-state index contributed by atoms with van der Waals surface area (Å²) in [5.74, 6) is 0.968. The Hall–Kier alpha value is -2.66. The van der Waals surface area contributed by atoms with Gasteiger partial charge in [-0.2, -0.15) is 5.26 Å². The highest BCUT2D eigenvalue weighted by atomic mass is 32.2. The predicted octanol–water partition coefficient (Wildman–Crippen LogP) is 4.96. The van der Waals surface area contributed by atoms with Gasteiger partial charge in [0.05, 0.1) is 11.6 Å². The average molecular weight is 463 g/mol. The summed E-state index contributed by atoms with van der Waals surface area (Å²) in [4.78, 5) is 21.9. The molecule has 3 aromatic rings. The van der Waals surface area contributed by atoms with E-state index >= 15 is 0 Å². The number of thioether (sulfide) groups is 1. The van der Waals surface area contributed by atoms with Crippen molar-refractivity contribution in [2.45, 2.75) is 30.0 Å². The molecule has 164 valence electrons. The van der Waals surface area contributed by atoms with Crippen LogP contribution >= 0.6 is 23.1 Å². The first-order valence-electron chi connectivity index (χ1n) is 10.8. The Kier molecular flexibility index (Phi) is 7.59. The molecule has 0 saturated carbocycles. The van der Waals surface area contributed by atoms with Gasteiger partial charge in [-0.05, 0) is 48.7 Å². The van der Waals surface area contributed by atoms with Gasteiger partial charge in [0.25, 0.3) is 5.91 Å². The molecule has 0 spiro atoms. The normalized spacial score (nSPS) is 14.7. The second-order valence-electron chi connectivity index (χ2n) is 7.97. The quantitative estimate of drug-likeness (QED) is 0.485. The topological polar surface area (TPSA) is 60.2 Å². The summed E-state index contributed by atoms with van der Waals surface area (Å²) in [6.45, 7) is 6.19. The zero-order valence-corrected chi connectivity index (χ0v) is 19.8. The van der Waals surface area contributed by atoms with Crippen molar-refractivity contribution in [2.75, 3.05) is 26.2 Å². The molecule has 0 unspecified atom stereocenters. The van der Waals surface area contributed by atoms with E-state index in [1.807, 2.05) is 48.2 Å². The molecule has 1 aliphatic rings. The molecule has 0 N–H and O–H groups in total. The Labute approximate surface area is 197 Å². The highest BCUT2D eigenvalue weighted by molar-refractivity contribution is 8.00. The SMILES string of the molecule is Cc1csc(SCc2ccc(C(=O)N3CCCN(Cc4ccc(C#N)cc4)CC3)cc2)n1. The van der Waals surface area contributed by atoms with Crippen LogP contribution in [0.25, 0.3) is 0 Å². The summed E-state index contributed by atoms with van der Waals surface area (Å²) < 4.78 is 1.08. The van der Waals surface area contributed by atoms with Crippen molar-refractivity contribution in [3.63, 3.8) is 0 Å². The van der Waals surface area contributed by atoms with Crippen molar-refractivity contribution in [1.82, 2.24) is 14.8 Å². The number of carbonyl (C=O) groups is 1. The molecule has 1 saturated heterocycles. The summed E-state index contributed by atoms with van der Waals surface area (Å²) in [7, 11) is 0. The van der Waals surface area contributed by atoms with Gasteiger partial charge in [0.15, 0.2) is 0 Å². The van der Waals surface area contributed by atoms with Crippen molar-refractivity contribution in [1.29, 1.82) is 5.26 Å². The summed E-state index contributed by atoms with van der Waals surface area (Å²) in [5.41, 5.74) is 4.90. The van der Waals surface area contributed by atoms with Crippen molar-refractivity contribution in [2.24, 2.45) is 0 Å². The van der Waals surface area contributed by atoms with Crippen LogP contribution < -0.4 is 0 Å². The maximum absolute atomic E-state index is 13.0. The van der Waals surface area contributed by atoms with Crippen molar-refractivity contribution in [3.8, 4) is 6.07 Å². The maximum Gasteiger partial charge on any atom is 0.253 e. The highest BCUT2D eigenvalue weighted by Crippen LogP contribution is 2.26. The molecule has 1 aromatic heterocycles. The van der Waals surface area contributed by atoms with E-state index in [1.165, 1.54) is 11.1 Å². The van der Waals surface area contributed by atoms with Crippen LogP contribution in [0.4, 0.5) is 0 Å². The molecule has 1 aliphatic heterocycles. The van der Waals surface area contributed by atoms with Gasteiger partial charge in [0, 0.05) is 55.1 Å². The Balaban J connectivity index is 1.29. The molecule has 0 bridgehead atoms. The number of nitriles is 1. The molecular weight excluding hydrogens is 436 g/mol. The first kappa shape index (κ1) is 22.5. The third-order valence-corrected chi connectivity index (χ3v) is 7.74. The number of aryl methyl sites for hydroxylation is 1. The van der Waals surface area contributed by atoms with Crippen LogP contribution in [-0.2, 0) is 12.3 Å². The summed E-state index contributed by atoms with van der Waals surface area (Å²) in [6, 6.07) is 17.9. The van der Waals surface area contributed by atoms with Crippen LogP contribution in [-0.4, -0.2) is 46.9 Å². The van der Waals surface area contributed by atoms with Gasteiger partial charge in [-0.1, -0.05) is 36.0 Å². The Morgan fingerprint density at radius 3 is 2.50 bits per heavy atom. The molecule has 2 heterocycles. The van der Waals surface area contributed by atoms with E-state index in [9.17, 15) is 4.79 Å². The first-order chi connectivity index (χ1) is 15.6. The second kappa shape index (κ2) is 10.8. The lowest BCUT2D eigenvalue weighted by atomic mass is 10.1. The lowest BCUT2D eigenvalue weighted by molar-refractivity contribution is 0.0761. The smallest absolute Gasteiger partial charge is 0.253 e. The maximum atomic E-state index is 13.0. The van der Waals surface area contributed by atoms with Gasteiger partial charge in [-0.15, -0.1) is 11.3 Å². The number of thiazole rings is 1. The number of amides is 1. The molecule has 4 rings (SSSR count). The Bertz CT molecular complexity index is 1090. The molecule has 7 heteroatoms. The fourth-order valence-corrected chi connectivity index (χ4v) is 5.55. The first-order valence-corrected chi connectivity index (χ1v) is 12.6. The third-order valence-electron chi connectivity index (χ3n) is 5.53. The van der Waals surface area contributed by atoms with Crippen LogP contribution in [0.3, 0.4) is 0 Å². The monoisotopic (exact) mass is 462 g/mol. The van der Waals surface area contributed by atoms with Crippen LogP contribution in [0.2, 0.25) is 0 Å². The molecule has 32 heavy (non-hydrogen) atoms. The van der Waals surface area contributed by atoms with Crippen LogP contribution in [0.15, 0.2) is 58.3 Å². The second-order valence-corrected chi connectivity index (χ2v) is 10.1. The fraction of sp³-hybridized carbons (Fsp3) is 0.320. The van der Waals surface area contributed by atoms with E-state index in [2.05, 4.69) is 33.5 Å².